The van der Waals surface area contributed by atoms with Crippen molar-refractivity contribution < 1.29 is 14.3 Å². The molecule has 2 atom stereocenters. The minimum Gasteiger partial charge on any atom is -0.491 e. The molecule has 23 heavy (non-hydrogen) atoms. The van der Waals surface area contributed by atoms with Gasteiger partial charge in [0.2, 0.25) is 5.43 Å². The summed E-state index contributed by atoms with van der Waals surface area (Å²) in [5.74, 6) is -0.102. The van der Waals surface area contributed by atoms with E-state index in [-0.39, 0.29) is 34.5 Å². The molecule has 2 heterocycles. The second-order valence-electron chi connectivity index (χ2n) is 5.66. The number of methoxy groups -OCH3 is 2. The lowest BCUT2D eigenvalue weighted by Gasteiger charge is -2.16. The molecule has 0 radical (unpaired) electrons. The number of hydrogen-bond donors (Lipinski definition) is 0. The van der Waals surface area contributed by atoms with Crippen LogP contribution in [0, 0.1) is 0 Å². The summed E-state index contributed by atoms with van der Waals surface area (Å²) in [4.78, 5) is 36.0. The highest BCUT2D eigenvalue weighted by Crippen LogP contribution is 2.30. The van der Waals surface area contributed by atoms with Crippen LogP contribution in [0.2, 0.25) is 0 Å². The van der Waals surface area contributed by atoms with E-state index in [4.69, 9.17) is 9.47 Å². The number of carbonyl (C=O) groups is 1. The molecule has 0 saturated heterocycles. The van der Waals surface area contributed by atoms with Gasteiger partial charge in [-0.2, -0.15) is 0 Å². The second kappa shape index (κ2) is 6.00. The van der Waals surface area contributed by atoms with E-state index in [2.05, 4.69) is 0 Å². The van der Waals surface area contributed by atoms with Crippen LogP contribution in [0.25, 0.3) is 5.52 Å². The number of ether oxygens (including phenoxy) is 2. The smallest absolute Gasteiger partial charge is 0.279 e. The predicted octanol–water partition coefficient (Wildman–Crippen LogP) is 1.02. The Bertz CT molecular complexity index is 867. The van der Waals surface area contributed by atoms with E-state index in [0.29, 0.717) is 6.29 Å². The number of carbonyl (C=O) groups excluding carboxylic acids is 1. The van der Waals surface area contributed by atoms with Crippen molar-refractivity contribution >= 4 is 11.8 Å². The standard InChI is InChI=1S/C16H18N2O5/c1-22-12-4-3-11(7-12)18-6-5-17-8-10(9-19)14(20)15(23-2)13(17)16(18)21/h5-6,8-9,11-12H,3-4,7H2,1-2H3. The zero-order chi connectivity index (χ0) is 16.6. The van der Waals surface area contributed by atoms with Crippen molar-refractivity contribution in [1.82, 2.24) is 8.97 Å². The summed E-state index contributed by atoms with van der Waals surface area (Å²) in [5, 5.41) is 0. The average molecular weight is 318 g/mol. The maximum Gasteiger partial charge on any atom is 0.279 e. The summed E-state index contributed by atoms with van der Waals surface area (Å²) < 4.78 is 13.5. The van der Waals surface area contributed by atoms with E-state index in [0.717, 1.165) is 19.3 Å². The highest BCUT2D eigenvalue weighted by Gasteiger charge is 2.27. The molecule has 7 heteroatoms. The molecule has 3 rings (SSSR count). The van der Waals surface area contributed by atoms with Crippen LogP contribution < -0.4 is 15.7 Å². The largest absolute Gasteiger partial charge is 0.491 e. The Labute approximate surface area is 132 Å². The molecule has 1 aliphatic rings. The molecular weight excluding hydrogens is 300 g/mol. The lowest BCUT2D eigenvalue weighted by Crippen LogP contribution is -2.28. The van der Waals surface area contributed by atoms with Gasteiger partial charge in [-0.15, -0.1) is 0 Å². The third-order valence-electron chi connectivity index (χ3n) is 4.46. The van der Waals surface area contributed by atoms with Crippen molar-refractivity contribution in [2.24, 2.45) is 0 Å². The van der Waals surface area contributed by atoms with Gasteiger partial charge in [0, 0.05) is 31.7 Å². The van der Waals surface area contributed by atoms with E-state index >= 15 is 0 Å². The van der Waals surface area contributed by atoms with Crippen LogP contribution in [0.5, 0.6) is 5.75 Å². The Morgan fingerprint density at radius 2 is 2.00 bits per heavy atom. The zero-order valence-electron chi connectivity index (χ0n) is 13.0. The molecular formula is C16H18N2O5. The van der Waals surface area contributed by atoms with Crippen LogP contribution in [0.4, 0.5) is 0 Å². The fourth-order valence-corrected chi connectivity index (χ4v) is 3.23. The van der Waals surface area contributed by atoms with Gasteiger partial charge in [0.15, 0.2) is 17.6 Å². The fourth-order valence-electron chi connectivity index (χ4n) is 3.23. The number of hydrogen-bond acceptors (Lipinski definition) is 5. The maximum absolute atomic E-state index is 12.8. The normalized spacial score (nSPS) is 20.8. The SMILES string of the molecule is COc1c(=O)c(C=O)cn2ccn(C3CCC(OC)C3)c(=O)c12. The van der Waals surface area contributed by atoms with Gasteiger partial charge in [0.1, 0.15) is 0 Å². The van der Waals surface area contributed by atoms with Crippen LogP contribution in [0.3, 0.4) is 0 Å². The number of aromatic nitrogens is 2. The summed E-state index contributed by atoms with van der Waals surface area (Å²) in [6.07, 6.45) is 7.78. The van der Waals surface area contributed by atoms with Crippen molar-refractivity contribution in [2.75, 3.05) is 14.2 Å². The maximum atomic E-state index is 12.8. The molecule has 0 aliphatic heterocycles. The van der Waals surface area contributed by atoms with E-state index < -0.39 is 5.43 Å². The molecule has 0 N–H and O–H groups in total. The Morgan fingerprint density at radius 3 is 2.61 bits per heavy atom. The number of rotatable bonds is 4. The fraction of sp³-hybridized carbons (Fsp3) is 0.438. The third-order valence-corrected chi connectivity index (χ3v) is 4.46. The monoisotopic (exact) mass is 318 g/mol. The Kier molecular flexibility index (Phi) is 4.04. The van der Waals surface area contributed by atoms with Gasteiger partial charge in [0.05, 0.1) is 18.8 Å². The summed E-state index contributed by atoms with van der Waals surface area (Å²) in [6.45, 7) is 0. The molecule has 2 unspecified atom stereocenters. The minimum atomic E-state index is -0.571. The molecule has 1 aliphatic carbocycles. The number of aldehydes is 1. The zero-order valence-corrected chi connectivity index (χ0v) is 13.0. The number of nitrogens with zero attached hydrogens (tertiary/aromatic N) is 2. The van der Waals surface area contributed by atoms with Crippen LogP contribution in [-0.2, 0) is 4.74 Å². The minimum absolute atomic E-state index is 0.0306. The lowest BCUT2D eigenvalue weighted by atomic mass is 10.2. The van der Waals surface area contributed by atoms with Crippen molar-refractivity contribution in [1.29, 1.82) is 0 Å². The van der Waals surface area contributed by atoms with E-state index in [1.54, 1.807) is 24.1 Å². The summed E-state index contributed by atoms with van der Waals surface area (Å²) in [5.41, 5.74) is -0.775. The summed E-state index contributed by atoms with van der Waals surface area (Å²) in [6, 6.07) is 0.0306. The van der Waals surface area contributed by atoms with Gasteiger partial charge < -0.3 is 18.4 Å². The molecule has 0 aromatic carbocycles. The lowest BCUT2D eigenvalue weighted by molar-refractivity contribution is 0.105. The number of fused-ring (bicyclic) bond motifs is 1. The van der Waals surface area contributed by atoms with Crippen LogP contribution >= 0.6 is 0 Å². The average Bonchev–Trinajstić information content (AvgIpc) is 3.04. The molecule has 7 nitrogen and oxygen atoms in total. The molecule has 122 valence electrons. The first-order valence-corrected chi connectivity index (χ1v) is 7.42. The van der Waals surface area contributed by atoms with Crippen LogP contribution in [-0.4, -0.2) is 35.6 Å². The highest BCUT2D eigenvalue weighted by atomic mass is 16.5. The molecule has 0 bridgehead atoms. The van der Waals surface area contributed by atoms with E-state index in [1.807, 2.05) is 0 Å². The van der Waals surface area contributed by atoms with Crippen LogP contribution in [0.15, 0.2) is 28.2 Å². The topological polar surface area (TPSA) is 79.0 Å². The summed E-state index contributed by atoms with van der Waals surface area (Å²) >= 11 is 0. The Balaban J connectivity index is 2.21. The molecule has 1 fully saturated rings. The Hall–Kier alpha value is -2.41. The quantitative estimate of drug-likeness (QED) is 0.787. The van der Waals surface area contributed by atoms with Crippen molar-refractivity contribution in [3.8, 4) is 5.75 Å². The van der Waals surface area contributed by atoms with Gasteiger partial charge in [0.25, 0.3) is 5.56 Å². The van der Waals surface area contributed by atoms with Gasteiger partial charge in [-0.3, -0.25) is 14.4 Å². The molecule has 2 aromatic rings. The van der Waals surface area contributed by atoms with E-state index in [1.165, 1.54) is 17.7 Å². The van der Waals surface area contributed by atoms with Crippen molar-refractivity contribution in [2.45, 2.75) is 31.4 Å². The van der Waals surface area contributed by atoms with Crippen LogP contribution in [0.1, 0.15) is 35.7 Å². The predicted molar refractivity (Wildman–Crippen MR) is 83.6 cm³/mol. The van der Waals surface area contributed by atoms with Gasteiger partial charge in [-0.1, -0.05) is 0 Å². The first-order chi connectivity index (χ1) is 11.1. The first kappa shape index (κ1) is 15.5. The van der Waals surface area contributed by atoms with Crippen molar-refractivity contribution in [3.63, 3.8) is 0 Å². The third kappa shape index (κ3) is 2.46. The Morgan fingerprint density at radius 1 is 1.22 bits per heavy atom. The van der Waals surface area contributed by atoms with Gasteiger partial charge >= 0.3 is 0 Å². The molecule has 0 amide bonds. The van der Waals surface area contributed by atoms with Crippen molar-refractivity contribution in [3.05, 3.63) is 44.7 Å². The summed E-state index contributed by atoms with van der Waals surface area (Å²) in [7, 11) is 2.98. The van der Waals surface area contributed by atoms with E-state index in [9.17, 15) is 14.4 Å². The second-order valence-corrected chi connectivity index (χ2v) is 5.66. The molecule has 0 spiro atoms. The van der Waals surface area contributed by atoms with Gasteiger partial charge in [-0.25, -0.2) is 0 Å². The van der Waals surface area contributed by atoms with Gasteiger partial charge in [-0.05, 0) is 19.3 Å². The number of pyridine rings is 1. The molecule has 1 saturated carbocycles. The first-order valence-electron chi connectivity index (χ1n) is 7.42. The molecule has 2 aromatic heterocycles. The highest BCUT2D eigenvalue weighted by molar-refractivity contribution is 5.77.